The molecule has 0 aliphatic rings. The first-order chi connectivity index (χ1) is 8.75. The zero-order chi connectivity index (χ0) is 12.8. The van der Waals surface area contributed by atoms with Crippen LogP contribution >= 0.6 is 0 Å². The van der Waals surface area contributed by atoms with Crippen molar-refractivity contribution in [3.63, 3.8) is 0 Å². The minimum Gasteiger partial charge on any atom is -0.491 e. The van der Waals surface area contributed by atoms with Gasteiger partial charge in [-0.1, -0.05) is 12.1 Å². The third kappa shape index (κ3) is 3.48. The molecule has 0 fully saturated rings. The highest BCUT2D eigenvalue weighted by Gasteiger charge is 2.00. The molecule has 0 spiro atoms. The van der Waals surface area contributed by atoms with Crippen LogP contribution in [0, 0.1) is 5.82 Å². The molecule has 0 radical (unpaired) electrons. The number of halogens is 1. The lowest BCUT2D eigenvalue weighted by atomic mass is 10.3. The number of aromatic nitrogens is 2. The van der Waals surface area contributed by atoms with Crippen molar-refractivity contribution in [2.24, 2.45) is 0 Å². The molecular weight excluding hydrogens is 233 g/mol. The fraction of sp³-hybridized carbons (Fsp3) is 0.308. The maximum absolute atomic E-state index is 13.2. The second kappa shape index (κ2) is 6.05. The Bertz CT molecular complexity index is 498. The van der Waals surface area contributed by atoms with E-state index in [2.05, 4.69) is 5.10 Å². The molecule has 2 aromatic rings. The number of hydrogen-bond donors (Lipinski definition) is 1. The first-order valence-corrected chi connectivity index (χ1v) is 5.91. The van der Waals surface area contributed by atoms with Crippen molar-refractivity contribution in [3.05, 3.63) is 42.5 Å². The number of nitrogens with zero attached hydrogens (tertiary/aromatic N) is 2. The number of aryl methyl sites for hydroxylation is 1. The van der Waals surface area contributed by atoms with Crippen LogP contribution in [0.1, 0.15) is 12.8 Å². The summed E-state index contributed by atoms with van der Waals surface area (Å²) in [4.78, 5) is 0. The van der Waals surface area contributed by atoms with Crippen molar-refractivity contribution in [3.8, 4) is 5.75 Å². The normalized spacial score (nSPS) is 10.5. The van der Waals surface area contributed by atoms with Gasteiger partial charge in [-0.25, -0.2) is 4.39 Å². The highest BCUT2D eigenvalue weighted by molar-refractivity contribution is 5.30. The molecule has 0 amide bonds. The molecule has 18 heavy (non-hydrogen) atoms. The standard InChI is InChI=1S/C13H16FN3O/c14-12-5-1-2-6-13(12)18-8-4-3-7-17-10-11(15)9-16-17/h1-2,5-6,9-10H,3-4,7-8,15H2. The quantitative estimate of drug-likeness (QED) is 0.800. The Hall–Kier alpha value is -2.04. The number of anilines is 1. The van der Waals surface area contributed by atoms with Crippen molar-refractivity contribution in [1.82, 2.24) is 9.78 Å². The maximum Gasteiger partial charge on any atom is 0.165 e. The van der Waals surface area contributed by atoms with Gasteiger partial charge in [-0.3, -0.25) is 4.68 Å². The second-order valence-electron chi connectivity index (χ2n) is 4.02. The number of para-hydroxylation sites is 1. The second-order valence-corrected chi connectivity index (χ2v) is 4.02. The highest BCUT2D eigenvalue weighted by atomic mass is 19.1. The molecule has 0 unspecified atom stereocenters. The predicted molar refractivity (Wildman–Crippen MR) is 67.8 cm³/mol. The van der Waals surface area contributed by atoms with Gasteiger partial charge in [0, 0.05) is 12.7 Å². The Morgan fingerprint density at radius 3 is 2.83 bits per heavy atom. The summed E-state index contributed by atoms with van der Waals surface area (Å²) in [5, 5.41) is 4.08. The molecule has 1 aromatic heterocycles. The van der Waals surface area contributed by atoms with E-state index < -0.39 is 0 Å². The predicted octanol–water partition coefficient (Wildman–Crippen LogP) is 2.46. The molecule has 0 atom stereocenters. The van der Waals surface area contributed by atoms with Gasteiger partial charge in [0.05, 0.1) is 18.5 Å². The Labute approximate surface area is 105 Å². The summed E-state index contributed by atoms with van der Waals surface area (Å²) >= 11 is 0. The zero-order valence-corrected chi connectivity index (χ0v) is 10.1. The van der Waals surface area contributed by atoms with E-state index in [4.69, 9.17) is 10.5 Å². The summed E-state index contributed by atoms with van der Waals surface area (Å²) in [7, 11) is 0. The molecular formula is C13H16FN3O. The molecule has 0 saturated heterocycles. The number of rotatable bonds is 6. The van der Waals surface area contributed by atoms with Crippen molar-refractivity contribution >= 4 is 5.69 Å². The third-order valence-electron chi connectivity index (χ3n) is 2.53. The lowest BCUT2D eigenvalue weighted by molar-refractivity contribution is 0.288. The van der Waals surface area contributed by atoms with Crippen molar-refractivity contribution in [2.45, 2.75) is 19.4 Å². The van der Waals surface area contributed by atoms with E-state index in [-0.39, 0.29) is 5.82 Å². The van der Waals surface area contributed by atoms with Gasteiger partial charge in [-0.2, -0.15) is 5.10 Å². The third-order valence-corrected chi connectivity index (χ3v) is 2.53. The van der Waals surface area contributed by atoms with E-state index in [1.807, 2.05) is 0 Å². The van der Waals surface area contributed by atoms with Gasteiger partial charge < -0.3 is 10.5 Å². The number of hydrogen-bond acceptors (Lipinski definition) is 3. The van der Waals surface area contributed by atoms with Crippen LogP contribution in [-0.2, 0) is 6.54 Å². The molecule has 0 saturated carbocycles. The van der Waals surface area contributed by atoms with Crippen LogP contribution in [0.4, 0.5) is 10.1 Å². The van der Waals surface area contributed by atoms with E-state index in [1.165, 1.54) is 6.07 Å². The molecule has 1 heterocycles. The average Bonchev–Trinajstić information content (AvgIpc) is 2.77. The van der Waals surface area contributed by atoms with Gasteiger partial charge in [0.15, 0.2) is 11.6 Å². The molecule has 4 nitrogen and oxygen atoms in total. The summed E-state index contributed by atoms with van der Waals surface area (Å²) in [6.45, 7) is 1.29. The van der Waals surface area contributed by atoms with Crippen molar-refractivity contribution < 1.29 is 9.13 Å². The summed E-state index contributed by atoms with van der Waals surface area (Å²) in [6.07, 6.45) is 5.16. The number of unbranched alkanes of at least 4 members (excludes halogenated alkanes) is 1. The molecule has 5 heteroatoms. The van der Waals surface area contributed by atoms with Crippen molar-refractivity contribution in [2.75, 3.05) is 12.3 Å². The van der Waals surface area contributed by atoms with Crippen LogP contribution in [0.5, 0.6) is 5.75 Å². The number of ether oxygens (including phenoxy) is 1. The van der Waals surface area contributed by atoms with Crippen molar-refractivity contribution in [1.29, 1.82) is 0 Å². The van der Waals surface area contributed by atoms with Gasteiger partial charge in [0.25, 0.3) is 0 Å². The van der Waals surface area contributed by atoms with Crippen LogP contribution in [0.15, 0.2) is 36.7 Å². The maximum atomic E-state index is 13.2. The molecule has 2 N–H and O–H groups in total. The smallest absolute Gasteiger partial charge is 0.165 e. The topological polar surface area (TPSA) is 53.1 Å². The number of nitrogens with two attached hydrogens (primary N) is 1. The van der Waals surface area contributed by atoms with Crippen LogP contribution in [0.2, 0.25) is 0 Å². The van der Waals surface area contributed by atoms with E-state index in [0.717, 1.165) is 19.4 Å². The largest absolute Gasteiger partial charge is 0.491 e. The summed E-state index contributed by atoms with van der Waals surface area (Å²) in [5.41, 5.74) is 6.22. The Kier molecular flexibility index (Phi) is 4.17. The fourth-order valence-corrected chi connectivity index (χ4v) is 1.62. The van der Waals surface area contributed by atoms with Crippen LogP contribution < -0.4 is 10.5 Å². The highest BCUT2D eigenvalue weighted by Crippen LogP contribution is 2.15. The zero-order valence-electron chi connectivity index (χ0n) is 10.1. The van der Waals surface area contributed by atoms with E-state index in [9.17, 15) is 4.39 Å². The molecule has 96 valence electrons. The van der Waals surface area contributed by atoms with E-state index in [0.29, 0.717) is 18.0 Å². The fourth-order valence-electron chi connectivity index (χ4n) is 1.62. The van der Waals surface area contributed by atoms with Gasteiger partial charge >= 0.3 is 0 Å². The Morgan fingerprint density at radius 1 is 1.28 bits per heavy atom. The molecule has 0 aliphatic carbocycles. The minimum absolute atomic E-state index is 0.306. The average molecular weight is 249 g/mol. The van der Waals surface area contributed by atoms with Gasteiger partial charge in [-0.05, 0) is 25.0 Å². The first-order valence-electron chi connectivity index (χ1n) is 5.91. The summed E-state index contributed by atoms with van der Waals surface area (Å²) in [6, 6.07) is 6.42. The first kappa shape index (κ1) is 12.4. The van der Waals surface area contributed by atoms with Crippen LogP contribution in [0.3, 0.4) is 0 Å². The summed E-state index contributed by atoms with van der Waals surface area (Å²) < 4.78 is 20.4. The minimum atomic E-state index is -0.322. The van der Waals surface area contributed by atoms with E-state index in [1.54, 1.807) is 35.3 Å². The Balaban J connectivity index is 1.66. The molecule has 0 bridgehead atoms. The van der Waals surface area contributed by atoms with Gasteiger partial charge in [0.2, 0.25) is 0 Å². The summed E-state index contributed by atoms with van der Waals surface area (Å²) in [5.74, 6) is -0.0156. The molecule has 2 rings (SSSR count). The molecule has 0 aliphatic heterocycles. The lowest BCUT2D eigenvalue weighted by Gasteiger charge is -2.06. The van der Waals surface area contributed by atoms with Gasteiger partial charge in [0.1, 0.15) is 0 Å². The van der Waals surface area contributed by atoms with E-state index >= 15 is 0 Å². The van der Waals surface area contributed by atoms with Crippen LogP contribution in [0.25, 0.3) is 0 Å². The number of benzene rings is 1. The molecule has 1 aromatic carbocycles. The lowest BCUT2D eigenvalue weighted by Crippen LogP contribution is -2.03. The van der Waals surface area contributed by atoms with Crippen LogP contribution in [-0.4, -0.2) is 16.4 Å². The monoisotopic (exact) mass is 249 g/mol. The van der Waals surface area contributed by atoms with Gasteiger partial charge in [-0.15, -0.1) is 0 Å². The Morgan fingerprint density at radius 2 is 2.11 bits per heavy atom. The SMILES string of the molecule is Nc1cnn(CCCCOc2ccccc2F)c1. The number of nitrogen functional groups attached to an aromatic ring is 1.